The second-order valence-corrected chi connectivity index (χ2v) is 5.63. The van der Waals surface area contributed by atoms with Crippen molar-refractivity contribution in [2.45, 2.75) is 52.2 Å². The van der Waals surface area contributed by atoms with Crippen molar-refractivity contribution in [3.63, 3.8) is 0 Å². The Morgan fingerprint density at radius 1 is 1.41 bits per heavy atom. The summed E-state index contributed by atoms with van der Waals surface area (Å²) < 4.78 is 5.75. The van der Waals surface area contributed by atoms with Crippen LogP contribution in [0.15, 0.2) is 24.3 Å². The molecule has 0 bridgehead atoms. The zero-order valence-electron chi connectivity index (χ0n) is 10.9. The van der Waals surface area contributed by atoms with Crippen molar-refractivity contribution < 1.29 is 9.84 Å². The Balaban J connectivity index is 2.14. The smallest absolute Gasteiger partial charge is 0.120 e. The molecular weight excluding hydrogens is 212 g/mol. The quantitative estimate of drug-likeness (QED) is 0.841. The van der Waals surface area contributed by atoms with Crippen molar-refractivity contribution in [1.29, 1.82) is 0 Å². The van der Waals surface area contributed by atoms with E-state index in [0.717, 1.165) is 30.6 Å². The van der Waals surface area contributed by atoms with E-state index in [4.69, 9.17) is 4.74 Å². The fraction of sp³-hybridized carbons (Fsp3) is 0.600. The van der Waals surface area contributed by atoms with Crippen molar-refractivity contribution in [2.24, 2.45) is 5.41 Å². The molecule has 2 nitrogen and oxygen atoms in total. The lowest BCUT2D eigenvalue weighted by atomic mass is 9.80. The molecule has 2 heteroatoms. The Hall–Kier alpha value is -1.02. The van der Waals surface area contributed by atoms with Gasteiger partial charge in [-0.3, -0.25) is 0 Å². The third-order valence-electron chi connectivity index (χ3n) is 3.65. The topological polar surface area (TPSA) is 29.5 Å². The second kappa shape index (κ2) is 4.69. The van der Waals surface area contributed by atoms with Gasteiger partial charge in [0.2, 0.25) is 0 Å². The van der Waals surface area contributed by atoms with E-state index in [2.05, 4.69) is 20.8 Å². The van der Waals surface area contributed by atoms with Crippen LogP contribution in [0.25, 0.3) is 0 Å². The Kier molecular flexibility index (Phi) is 3.43. The minimum Gasteiger partial charge on any atom is -0.490 e. The minimum atomic E-state index is -0.435. The molecule has 1 fully saturated rings. The van der Waals surface area contributed by atoms with E-state index in [1.807, 2.05) is 24.3 Å². The predicted molar refractivity (Wildman–Crippen MR) is 69.1 cm³/mol. The van der Waals surface area contributed by atoms with Crippen LogP contribution in [0.5, 0.6) is 5.75 Å². The van der Waals surface area contributed by atoms with E-state index in [9.17, 15) is 5.11 Å². The fourth-order valence-corrected chi connectivity index (χ4v) is 1.78. The maximum Gasteiger partial charge on any atom is 0.120 e. The summed E-state index contributed by atoms with van der Waals surface area (Å²) in [6, 6.07) is 7.87. The van der Waals surface area contributed by atoms with E-state index in [-0.39, 0.29) is 5.41 Å². The number of aliphatic hydroxyl groups is 1. The Morgan fingerprint density at radius 3 is 2.71 bits per heavy atom. The molecule has 1 aliphatic rings. The summed E-state index contributed by atoms with van der Waals surface area (Å²) in [6.07, 6.45) is 3.24. The van der Waals surface area contributed by atoms with E-state index < -0.39 is 6.10 Å². The third kappa shape index (κ3) is 3.01. The van der Waals surface area contributed by atoms with Crippen molar-refractivity contribution >= 4 is 0 Å². The van der Waals surface area contributed by atoms with Gasteiger partial charge in [0.25, 0.3) is 0 Å². The lowest BCUT2D eigenvalue weighted by Crippen LogP contribution is -2.20. The minimum absolute atomic E-state index is 0.0990. The first-order chi connectivity index (χ1) is 8.03. The molecule has 1 saturated carbocycles. The number of hydrogen-bond donors (Lipinski definition) is 1. The van der Waals surface area contributed by atoms with Gasteiger partial charge < -0.3 is 9.84 Å². The normalized spacial score (nSPS) is 17.9. The van der Waals surface area contributed by atoms with Gasteiger partial charge in [0.1, 0.15) is 5.75 Å². The lowest BCUT2D eigenvalue weighted by Gasteiger charge is -2.29. The molecule has 0 aromatic heterocycles. The first-order valence-electron chi connectivity index (χ1n) is 6.47. The highest BCUT2D eigenvalue weighted by Crippen LogP contribution is 2.37. The highest BCUT2D eigenvalue weighted by atomic mass is 16.5. The SMILES string of the molecule is CCC(C)(C)C(O)c1cccc(OC2CC2)c1. The maximum atomic E-state index is 10.4. The molecular formula is C15H22O2. The van der Waals surface area contributed by atoms with Crippen molar-refractivity contribution in [2.75, 3.05) is 0 Å². The van der Waals surface area contributed by atoms with E-state index in [1.165, 1.54) is 0 Å². The molecule has 1 N–H and O–H groups in total. The van der Waals surface area contributed by atoms with Gasteiger partial charge in [-0.25, -0.2) is 0 Å². The Morgan fingerprint density at radius 2 is 2.12 bits per heavy atom. The van der Waals surface area contributed by atoms with Gasteiger partial charge in [0.05, 0.1) is 12.2 Å². The second-order valence-electron chi connectivity index (χ2n) is 5.63. The summed E-state index contributed by atoms with van der Waals surface area (Å²) in [6.45, 7) is 6.28. The first-order valence-corrected chi connectivity index (χ1v) is 6.47. The van der Waals surface area contributed by atoms with Gasteiger partial charge in [-0.2, -0.15) is 0 Å². The molecule has 0 saturated heterocycles. The fourth-order valence-electron chi connectivity index (χ4n) is 1.78. The lowest BCUT2D eigenvalue weighted by molar-refractivity contribution is 0.0463. The summed E-state index contributed by atoms with van der Waals surface area (Å²) in [4.78, 5) is 0. The average Bonchev–Trinajstić information content (AvgIpc) is 3.12. The molecule has 0 heterocycles. The zero-order chi connectivity index (χ0) is 12.5. The van der Waals surface area contributed by atoms with Gasteiger partial charge in [0, 0.05) is 0 Å². The number of hydrogen-bond acceptors (Lipinski definition) is 2. The highest BCUT2D eigenvalue weighted by Gasteiger charge is 2.28. The van der Waals surface area contributed by atoms with Gasteiger partial charge >= 0.3 is 0 Å². The molecule has 1 aromatic carbocycles. The summed E-state index contributed by atoms with van der Waals surface area (Å²) in [7, 11) is 0. The number of aliphatic hydroxyl groups excluding tert-OH is 1. The summed E-state index contributed by atoms with van der Waals surface area (Å²) in [5, 5.41) is 10.4. The summed E-state index contributed by atoms with van der Waals surface area (Å²) >= 11 is 0. The van der Waals surface area contributed by atoms with Crippen LogP contribution in [0, 0.1) is 5.41 Å². The predicted octanol–water partition coefficient (Wildman–Crippen LogP) is 3.70. The van der Waals surface area contributed by atoms with Crippen LogP contribution < -0.4 is 4.74 Å². The molecule has 0 radical (unpaired) electrons. The van der Waals surface area contributed by atoms with Crippen molar-refractivity contribution in [3.8, 4) is 5.75 Å². The Labute approximate surface area is 104 Å². The van der Waals surface area contributed by atoms with Crippen LogP contribution in [0.3, 0.4) is 0 Å². The van der Waals surface area contributed by atoms with Gasteiger partial charge in [-0.1, -0.05) is 32.9 Å². The highest BCUT2D eigenvalue weighted by molar-refractivity contribution is 5.31. The van der Waals surface area contributed by atoms with Crippen molar-refractivity contribution in [1.82, 2.24) is 0 Å². The molecule has 1 aromatic rings. The molecule has 17 heavy (non-hydrogen) atoms. The van der Waals surface area contributed by atoms with Gasteiger partial charge in [0.15, 0.2) is 0 Å². The van der Waals surface area contributed by atoms with Crippen molar-refractivity contribution in [3.05, 3.63) is 29.8 Å². The van der Waals surface area contributed by atoms with E-state index in [1.54, 1.807) is 0 Å². The van der Waals surface area contributed by atoms with E-state index >= 15 is 0 Å². The van der Waals surface area contributed by atoms with Crippen LogP contribution in [0.2, 0.25) is 0 Å². The van der Waals surface area contributed by atoms with Crippen LogP contribution in [-0.4, -0.2) is 11.2 Å². The standard InChI is InChI=1S/C15H22O2/c1-4-15(2,3)14(16)11-6-5-7-13(10-11)17-12-8-9-12/h5-7,10,12,14,16H,4,8-9H2,1-3H3. The summed E-state index contributed by atoms with van der Waals surface area (Å²) in [5.74, 6) is 0.885. The van der Waals surface area contributed by atoms with Gasteiger partial charge in [-0.05, 0) is 42.4 Å². The largest absolute Gasteiger partial charge is 0.490 e. The summed E-state index contributed by atoms with van der Waals surface area (Å²) in [5.41, 5.74) is 0.855. The molecule has 0 amide bonds. The molecule has 1 aliphatic carbocycles. The zero-order valence-corrected chi connectivity index (χ0v) is 10.9. The number of benzene rings is 1. The monoisotopic (exact) mass is 234 g/mol. The van der Waals surface area contributed by atoms with Crippen LogP contribution >= 0.6 is 0 Å². The maximum absolute atomic E-state index is 10.4. The molecule has 94 valence electrons. The molecule has 1 atom stereocenters. The molecule has 0 spiro atoms. The van der Waals surface area contributed by atoms with Crippen LogP contribution in [-0.2, 0) is 0 Å². The average molecular weight is 234 g/mol. The molecule has 1 unspecified atom stereocenters. The first kappa shape index (κ1) is 12.4. The van der Waals surface area contributed by atoms with E-state index in [0.29, 0.717) is 6.10 Å². The van der Waals surface area contributed by atoms with Gasteiger partial charge in [-0.15, -0.1) is 0 Å². The van der Waals surface area contributed by atoms with Crippen LogP contribution in [0.4, 0.5) is 0 Å². The molecule has 2 rings (SSSR count). The van der Waals surface area contributed by atoms with Crippen LogP contribution in [0.1, 0.15) is 51.7 Å². The number of ether oxygens (including phenoxy) is 1. The third-order valence-corrected chi connectivity index (χ3v) is 3.65. The Bertz CT molecular complexity index is 380. The number of rotatable bonds is 5. The molecule has 0 aliphatic heterocycles.